The number of methoxy groups -OCH3 is 1. The second kappa shape index (κ2) is 6.02. The van der Waals surface area contributed by atoms with Crippen molar-refractivity contribution in [3.05, 3.63) is 53.1 Å². The van der Waals surface area contributed by atoms with Gasteiger partial charge in [0.15, 0.2) is 0 Å². The van der Waals surface area contributed by atoms with Gasteiger partial charge >= 0.3 is 0 Å². The Morgan fingerprint density at radius 2 is 1.88 bits per heavy atom. The second-order valence-corrected chi connectivity index (χ2v) is 6.79. The molecule has 4 heteroatoms. The summed E-state index contributed by atoms with van der Waals surface area (Å²) in [5.74, 6) is 2.20. The lowest BCUT2D eigenvalue weighted by molar-refractivity contribution is 0.0972. The van der Waals surface area contributed by atoms with E-state index in [2.05, 4.69) is 0 Å². The van der Waals surface area contributed by atoms with Crippen molar-refractivity contribution >= 4 is 0 Å². The van der Waals surface area contributed by atoms with Gasteiger partial charge in [0.2, 0.25) is 0 Å². The highest BCUT2D eigenvalue weighted by molar-refractivity contribution is 5.51. The molecule has 4 nitrogen and oxygen atoms in total. The quantitative estimate of drug-likeness (QED) is 0.885. The van der Waals surface area contributed by atoms with Gasteiger partial charge in [0.05, 0.1) is 6.61 Å². The Morgan fingerprint density at radius 1 is 1.08 bits per heavy atom. The lowest BCUT2D eigenvalue weighted by Crippen LogP contribution is -2.27. The van der Waals surface area contributed by atoms with Gasteiger partial charge in [-0.05, 0) is 48.6 Å². The highest BCUT2D eigenvalue weighted by Gasteiger charge is 2.42. The fraction of sp³-hybridized carbons (Fsp3) is 0.400. The van der Waals surface area contributed by atoms with Crippen LogP contribution < -0.4 is 4.74 Å². The van der Waals surface area contributed by atoms with Crippen LogP contribution in [0.2, 0.25) is 0 Å². The Balaban J connectivity index is 1.80. The van der Waals surface area contributed by atoms with Crippen LogP contribution in [0, 0.1) is 5.92 Å². The number of aromatic hydroxyl groups is 2. The smallest absolute Gasteiger partial charge is 0.129 e. The maximum Gasteiger partial charge on any atom is 0.129 e. The molecule has 1 aliphatic carbocycles. The molecule has 2 unspecified atom stereocenters. The van der Waals surface area contributed by atoms with Crippen LogP contribution in [-0.4, -0.2) is 17.3 Å². The summed E-state index contributed by atoms with van der Waals surface area (Å²) < 4.78 is 11.7. The predicted octanol–water partition coefficient (Wildman–Crippen LogP) is 4.26. The van der Waals surface area contributed by atoms with Crippen molar-refractivity contribution in [2.24, 2.45) is 5.92 Å². The van der Waals surface area contributed by atoms with E-state index >= 15 is 0 Å². The van der Waals surface area contributed by atoms with Crippen LogP contribution in [-0.2, 0) is 11.3 Å². The van der Waals surface area contributed by atoms with Crippen LogP contribution in [0.25, 0.3) is 0 Å². The van der Waals surface area contributed by atoms with Crippen molar-refractivity contribution in [1.29, 1.82) is 0 Å². The average molecular weight is 326 g/mol. The summed E-state index contributed by atoms with van der Waals surface area (Å²) in [6.07, 6.45) is 3.38. The van der Waals surface area contributed by atoms with E-state index in [4.69, 9.17) is 9.47 Å². The van der Waals surface area contributed by atoms with Crippen LogP contribution in [0.5, 0.6) is 17.2 Å². The summed E-state index contributed by atoms with van der Waals surface area (Å²) in [7, 11) is 1.65. The fourth-order valence-corrected chi connectivity index (χ4v) is 4.31. The third kappa shape index (κ3) is 2.51. The fourth-order valence-electron chi connectivity index (χ4n) is 4.31. The van der Waals surface area contributed by atoms with Crippen LogP contribution in [0.4, 0.5) is 0 Å². The van der Waals surface area contributed by atoms with Crippen LogP contribution in [0.15, 0.2) is 36.4 Å². The Hall–Kier alpha value is -2.20. The monoisotopic (exact) mass is 326 g/mol. The van der Waals surface area contributed by atoms with Gasteiger partial charge in [-0.15, -0.1) is 0 Å². The standard InChI is InChI=1S/C20H22O4/c1-23-11-13-9-15(22)10-18-16-3-2-4-17(16)19(24-20(13)18)12-5-7-14(21)8-6-12/h5-10,16-17,19,21-22H,2-4,11H2,1H3/t16-,17?,19?/m0/s1. The van der Waals surface area contributed by atoms with E-state index in [0.29, 0.717) is 18.4 Å². The largest absolute Gasteiger partial charge is 0.508 e. The van der Waals surface area contributed by atoms with Crippen LogP contribution >= 0.6 is 0 Å². The highest BCUT2D eigenvalue weighted by atomic mass is 16.5. The Labute approximate surface area is 141 Å². The molecule has 2 aliphatic rings. The molecule has 0 bridgehead atoms. The van der Waals surface area contributed by atoms with E-state index in [1.165, 1.54) is 6.42 Å². The zero-order valence-electron chi connectivity index (χ0n) is 13.7. The van der Waals surface area contributed by atoms with Crippen molar-refractivity contribution in [3.8, 4) is 17.2 Å². The minimum absolute atomic E-state index is 0.0225. The molecular weight excluding hydrogens is 304 g/mol. The molecule has 0 radical (unpaired) electrons. The van der Waals surface area contributed by atoms with E-state index in [1.54, 1.807) is 25.3 Å². The number of hydrogen-bond donors (Lipinski definition) is 2. The Bertz CT molecular complexity index is 738. The van der Waals surface area contributed by atoms with E-state index in [1.807, 2.05) is 18.2 Å². The molecule has 1 saturated carbocycles. The van der Waals surface area contributed by atoms with E-state index in [9.17, 15) is 10.2 Å². The molecule has 0 amide bonds. The number of ether oxygens (including phenoxy) is 2. The molecule has 3 atom stereocenters. The van der Waals surface area contributed by atoms with Crippen molar-refractivity contribution in [2.75, 3.05) is 7.11 Å². The topological polar surface area (TPSA) is 58.9 Å². The maximum absolute atomic E-state index is 10.1. The summed E-state index contributed by atoms with van der Waals surface area (Å²) in [6.45, 7) is 0.413. The second-order valence-electron chi connectivity index (χ2n) is 6.79. The normalized spacial score (nSPS) is 25.0. The number of benzene rings is 2. The lowest BCUT2D eigenvalue weighted by atomic mass is 9.79. The highest BCUT2D eigenvalue weighted by Crippen LogP contribution is 2.55. The molecule has 2 aromatic carbocycles. The SMILES string of the molecule is COCc1cc(O)cc2c1OC(c1ccc(O)cc1)C1CCC[C@H]21. The van der Waals surface area contributed by atoms with Gasteiger partial charge in [0.1, 0.15) is 23.4 Å². The number of fused-ring (bicyclic) bond motifs is 3. The minimum Gasteiger partial charge on any atom is -0.508 e. The lowest BCUT2D eigenvalue weighted by Gasteiger charge is -2.37. The molecule has 0 aromatic heterocycles. The summed E-state index contributed by atoms with van der Waals surface area (Å²) in [4.78, 5) is 0. The number of hydrogen-bond acceptors (Lipinski definition) is 4. The molecule has 0 spiro atoms. The zero-order valence-corrected chi connectivity index (χ0v) is 13.7. The predicted molar refractivity (Wildman–Crippen MR) is 90.4 cm³/mol. The first kappa shape index (κ1) is 15.3. The van der Waals surface area contributed by atoms with Crippen molar-refractivity contribution < 1.29 is 19.7 Å². The Kier molecular flexibility index (Phi) is 3.85. The summed E-state index contributed by atoms with van der Waals surface area (Å²) in [6, 6.07) is 10.9. The average Bonchev–Trinajstić information content (AvgIpc) is 3.05. The van der Waals surface area contributed by atoms with Gasteiger partial charge in [-0.3, -0.25) is 0 Å². The molecule has 1 aliphatic heterocycles. The molecular formula is C20H22O4. The Morgan fingerprint density at radius 3 is 2.62 bits per heavy atom. The minimum atomic E-state index is -0.0225. The van der Waals surface area contributed by atoms with Gasteiger partial charge in [0.25, 0.3) is 0 Å². The first-order valence-corrected chi connectivity index (χ1v) is 8.47. The third-order valence-corrected chi connectivity index (χ3v) is 5.30. The third-order valence-electron chi connectivity index (χ3n) is 5.30. The van der Waals surface area contributed by atoms with E-state index in [-0.39, 0.29) is 17.6 Å². The number of rotatable bonds is 3. The van der Waals surface area contributed by atoms with Gasteiger partial charge in [-0.25, -0.2) is 0 Å². The van der Waals surface area contributed by atoms with Gasteiger partial charge in [-0.2, -0.15) is 0 Å². The molecule has 2 N–H and O–H groups in total. The number of phenols is 2. The van der Waals surface area contributed by atoms with E-state index in [0.717, 1.165) is 35.3 Å². The first-order chi connectivity index (χ1) is 11.7. The van der Waals surface area contributed by atoms with Crippen molar-refractivity contribution in [2.45, 2.75) is 37.9 Å². The van der Waals surface area contributed by atoms with Crippen LogP contribution in [0.1, 0.15) is 48.0 Å². The summed E-state index contributed by atoms with van der Waals surface area (Å²) in [5, 5.41) is 19.6. The zero-order chi connectivity index (χ0) is 16.7. The first-order valence-electron chi connectivity index (χ1n) is 8.47. The molecule has 1 fully saturated rings. The summed E-state index contributed by atoms with van der Waals surface area (Å²) in [5.41, 5.74) is 3.09. The molecule has 1 heterocycles. The van der Waals surface area contributed by atoms with Gasteiger partial charge < -0.3 is 19.7 Å². The summed E-state index contributed by atoms with van der Waals surface area (Å²) >= 11 is 0. The molecule has 4 rings (SSSR count). The van der Waals surface area contributed by atoms with Crippen molar-refractivity contribution in [3.63, 3.8) is 0 Å². The van der Waals surface area contributed by atoms with E-state index < -0.39 is 0 Å². The molecule has 0 saturated heterocycles. The molecule has 24 heavy (non-hydrogen) atoms. The molecule has 2 aromatic rings. The van der Waals surface area contributed by atoms with Gasteiger partial charge in [0, 0.05) is 24.2 Å². The number of phenolic OH excluding ortho intramolecular Hbond substituents is 2. The maximum atomic E-state index is 10.1. The van der Waals surface area contributed by atoms with Crippen molar-refractivity contribution in [1.82, 2.24) is 0 Å². The molecule has 126 valence electrons. The van der Waals surface area contributed by atoms with Gasteiger partial charge in [-0.1, -0.05) is 18.6 Å². The van der Waals surface area contributed by atoms with Crippen LogP contribution in [0.3, 0.4) is 0 Å².